The van der Waals surface area contributed by atoms with Gasteiger partial charge >= 0.3 is 20.8 Å². The van der Waals surface area contributed by atoms with Crippen molar-refractivity contribution in [2.24, 2.45) is 0 Å². The van der Waals surface area contributed by atoms with Gasteiger partial charge in [-0.05, 0) is 0 Å². The van der Waals surface area contributed by atoms with E-state index in [9.17, 15) is 21.2 Å². The lowest BCUT2D eigenvalue weighted by atomic mass is 10.8. The van der Waals surface area contributed by atoms with Crippen LogP contribution < -0.4 is 0 Å². The first-order valence-corrected chi connectivity index (χ1v) is 5.15. The minimum atomic E-state index is -4.86. The highest BCUT2D eigenvalue weighted by Crippen LogP contribution is 2.14. The van der Waals surface area contributed by atoms with Crippen LogP contribution in [0.25, 0.3) is 0 Å². The van der Waals surface area contributed by atoms with Crippen LogP contribution >= 0.6 is 0 Å². The molecule has 0 spiro atoms. The van der Waals surface area contributed by atoms with E-state index < -0.39 is 33.8 Å². The van der Waals surface area contributed by atoms with Crippen LogP contribution in [0.5, 0.6) is 0 Å². The summed E-state index contributed by atoms with van der Waals surface area (Å²) < 4.78 is 64.2. The van der Waals surface area contributed by atoms with Gasteiger partial charge in [0.1, 0.15) is 6.61 Å². The first kappa shape index (κ1) is 9.80. The first-order chi connectivity index (χ1) is 5.31. The van der Waals surface area contributed by atoms with E-state index in [-0.39, 0.29) is 0 Å². The number of rotatable bonds is 0. The Kier molecular flexibility index (Phi) is 2.35. The van der Waals surface area contributed by atoms with Crippen molar-refractivity contribution in [2.45, 2.75) is 6.36 Å². The van der Waals surface area contributed by atoms with Gasteiger partial charge in [-0.2, -0.15) is 16.8 Å². The van der Waals surface area contributed by atoms with Gasteiger partial charge in [0, 0.05) is 0 Å². The van der Waals surface area contributed by atoms with E-state index in [1.54, 1.807) is 0 Å². The summed E-state index contributed by atoms with van der Waals surface area (Å²) in [6.07, 6.45) is -2.38. The third-order valence-corrected chi connectivity index (χ3v) is 2.93. The molecular weight excluding hydrogens is 219 g/mol. The first-order valence-electron chi connectivity index (χ1n) is 2.48. The average Bonchev–Trinajstić information content (AvgIpc) is 1.86. The second-order valence-corrected chi connectivity index (χ2v) is 4.28. The molecule has 0 amide bonds. The molecule has 12 heavy (non-hydrogen) atoms. The van der Waals surface area contributed by atoms with E-state index in [1.165, 1.54) is 0 Å². The van der Waals surface area contributed by atoms with E-state index in [0.29, 0.717) is 0 Å². The standard InChI is InChI=1S/C2H3FO7S2/c3-2-1-8-11(4,5)10-12(6,7)9-2/h2H,1H2. The fourth-order valence-electron chi connectivity index (χ4n) is 0.430. The lowest BCUT2D eigenvalue weighted by molar-refractivity contribution is 0.0343. The maximum Gasteiger partial charge on any atom is 0.419 e. The van der Waals surface area contributed by atoms with Crippen LogP contribution in [0, 0.1) is 0 Å². The van der Waals surface area contributed by atoms with Crippen molar-refractivity contribution < 1.29 is 33.2 Å². The Morgan fingerprint density at radius 1 is 1.17 bits per heavy atom. The van der Waals surface area contributed by atoms with Crippen molar-refractivity contribution in [1.82, 2.24) is 0 Å². The van der Waals surface area contributed by atoms with Crippen LogP contribution in [0.3, 0.4) is 0 Å². The van der Waals surface area contributed by atoms with E-state index in [4.69, 9.17) is 0 Å². The molecule has 1 saturated heterocycles. The van der Waals surface area contributed by atoms with Crippen LogP contribution in [0.4, 0.5) is 4.39 Å². The molecule has 1 atom stereocenters. The molecule has 72 valence electrons. The fourth-order valence-corrected chi connectivity index (χ4v) is 2.12. The lowest BCUT2D eigenvalue weighted by Gasteiger charge is -1.98. The minimum absolute atomic E-state index is 1.05. The summed E-state index contributed by atoms with van der Waals surface area (Å²) in [4.78, 5) is 0. The molecule has 1 fully saturated rings. The van der Waals surface area contributed by atoms with Crippen molar-refractivity contribution >= 4 is 20.8 Å². The zero-order valence-corrected chi connectivity index (χ0v) is 6.97. The van der Waals surface area contributed by atoms with Gasteiger partial charge in [0.2, 0.25) is 6.36 Å². The van der Waals surface area contributed by atoms with Crippen LogP contribution in [0.2, 0.25) is 0 Å². The number of halogens is 1. The molecule has 0 aromatic heterocycles. The Hall–Kier alpha value is -0.290. The highest BCUT2D eigenvalue weighted by Gasteiger charge is 2.33. The topological polar surface area (TPSA) is 96.0 Å². The van der Waals surface area contributed by atoms with Crippen molar-refractivity contribution in [3.05, 3.63) is 0 Å². The van der Waals surface area contributed by atoms with Gasteiger partial charge in [0.15, 0.2) is 0 Å². The van der Waals surface area contributed by atoms with E-state index in [1.807, 2.05) is 0 Å². The van der Waals surface area contributed by atoms with Crippen molar-refractivity contribution in [3.63, 3.8) is 0 Å². The second-order valence-electron chi connectivity index (χ2n) is 1.68. The highest BCUT2D eigenvalue weighted by atomic mass is 32.3. The Morgan fingerprint density at radius 3 is 2.33 bits per heavy atom. The van der Waals surface area contributed by atoms with Crippen LogP contribution in [-0.2, 0) is 32.8 Å². The van der Waals surface area contributed by atoms with Crippen LogP contribution in [-0.4, -0.2) is 29.8 Å². The fraction of sp³-hybridized carbons (Fsp3) is 1.00. The van der Waals surface area contributed by atoms with Gasteiger partial charge in [0.25, 0.3) is 0 Å². The van der Waals surface area contributed by atoms with Crippen LogP contribution in [0.1, 0.15) is 0 Å². The Bertz CT molecular complexity index is 353. The van der Waals surface area contributed by atoms with Gasteiger partial charge in [-0.3, -0.25) is 0 Å². The summed E-state index contributed by atoms with van der Waals surface area (Å²) in [5.74, 6) is 0. The quantitative estimate of drug-likeness (QED) is 0.509. The monoisotopic (exact) mass is 222 g/mol. The van der Waals surface area contributed by atoms with E-state index in [2.05, 4.69) is 12.0 Å². The molecule has 0 saturated carbocycles. The summed E-state index contributed by atoms with van der Waals surface area (Å²) in [7, 11) is -9.58. The average molecular weight is 222 g/mol. The molecule has 0 bridgehead atoms. The minimum Gasteiger partial charge on any atom is -0.242 e. The number of hydrogen-bond donors (Lipinski definition) is 0. The van der Waals surface area contributed by atoms with E-state index >= 15 is 0 Å². The van der Waals surface area contributed by atoms with Gasteiger partial charge in [0.05, 0.1) is 0 Å². The molecule has 0 aromatic rings. The third kappa shape index (κ3) is 2.64. The Balaban J connectivity index is 3.00. The number of alkyl halides is 1. The van der Waals surface area contributed by atoms with E-state index in [0.717, 1.165) is 0 Å². The van der Waals surface area contributed by atoms with Gasteiger partial charge < -0.3 is 0 Å². The largest absolute Gasteiger partial charge is 0.419 e. The molecule has 1 heterocycles. The lowest BCUT2D eigenvalue weighted by Crippen LogP contribution is -2.14. The Labute approximate surface area is 67.7 Å². The summed E-state index contributed by atoms with van der Waals surface area (Å²) in [6.45, 7) is -1.05. The molecule has 1 unspecified atom stereocenters. The second kappa shape index (κ2) is 2.88. The molecule has 0 aromatic carbocycles. The predicted molar refractivity (Wildman–Crippen MR) is 30.9 cm³/mol. The molecular formula is C2H3FO7S2. The molecule has 7 nitrogen and oxygen atoms in total. The smallest absolute Gasteiger partial charge is 0.242 e. The normalized spacial score (nSPS) is 33.9. The molecule has 0 aliphatic carbocycles. The van der Waals surface area contributed by atoms with Crippen molar-refractivity contribution in [3.8, 4) is 0 Å². The summed E-state index contributed by atoms with van der Waals surface area (Å²) in [6, 6.07) is 0. The molecule has 0 N–H and O–H groups in total. The summed E-state index contributed by atoms with van der Waals surface area (Å²) >= 11 is 0. The highest BCUT2D eigenvalue weighted by molar-refractivity contribution is 7.95. The molecule has 1 aliphatic rings. The maximum absolute atomic E-state index is 12.2. The zero-order valence-electron chi connectivity index (χ0n) is 5.34. The third-order valence-electron chi connectivity index (χ3n) is 0.732. The van der Waals surface area contributed by atoms with Gasteiger partial charge in [-0.1, -0.05) is 0 Å². The Morgan fingerprint density at radius 2 is 1.75 bits per heavy atom. The predicted octanol–water partition coefficient (Wildman–Crippen LogP) is -1.16. The van der Waals surface area contributed by atoms with Gasteiger partial charge in [-0.25, -0.2) is 12.8 Å². The molecule has 1 rings (SSSR count). The molecule has 0 radical (unpaired) electrons. The zero-order chi connectivity index (χ0) is 9.41. The SMILES string of the molecule is O=S1(=O)OCC(F)OS(=O)(=O)O1. The van der Waals surface area contributed by atoms with Crippen molar-refractivity contribution in [1.29, 1.82) is 0 Å². The van der Waals surface area contributed by atoms with Crippen LogP contribution in [0.15, 0.2) is 0 Å². The number of hydrogen-bond acceptors (Lipinski definition) is 7. The molecule has 10 heteroatoms. The maximum atomic E-state index is 12.2. The molecule has 1 aliphatic heterocycles. The summed E-state index contributed by atoms with van der Waals surface area (Å²) in [5, 5.41) is 0. The summed E-state index contributed by atoms with van der Waals surface area (Å²) in [5.41, 5.74) is 0. The van der Waals surface area contributed by atoms with Gasteiger partial charge in [-0.15, -0.1) is 3.63 Å². The van der Waals surface area contributed by atoms with Crippen molar-refractivity contribution in [2.75, 3.05) is 6.61 Å².